The highest BCUT2D eigenvalue weighted by Gasteiger charge is 2.44. The molecular formula is C25H43NO3SSi. The van der Waals surface area contributed by atoms with Crippen LogP contribution in [0, 0.1) is 26.7 Å². The third kappa shape index (κ3) is 7.26. The molecule has 1 aliphatic rings. The van der Waals surface area contributed by atoms with E-state index in [1.807, 2.05) is 11.8 Å². The Balaban J connectivity index is 2.20. The maximum atomic E-state index is 11.0. The molecule has 2 N–H and O–H groups in total. The van der Waals surface area contributed by atoms with Gasteiger partial charge in [-0.3, -0.25) is 0 Å². The van der Waals surface area contributed by atoms with Crippen molar-refractivity contribution in [2.45, 2.75) is 102 Å². The van der Waals surface area contributed by atoms with Gasteiger partial charge in [0.15, 0.2) is 8.32 Å². The number of rotatable bonds is 8. The van der Waals surface area contributed by atoms with Crippen LogP contribution in [0.4, 0.5) is 4.79 Å². The molecule has 1 fully saturated rings. The molecule has 6 heteroatoms. The van der Waals surface area contributed by atoms with Crippen LogP contribution in [0.2, 0.25) is 18.1 Å². The number of carboxylic acid groups (broad SMARTS) is 1. The summed E-state index contributed by atoms with van der Waals surface area (Å²) in [5, 5.41) is 12.2. The molecule has 2 rings (SSSR count). The molecule has 0 aromatic heterocycles. The number of hydrogen-bond donors (Lipinski definition) is 2. The maximum absolute atomic E-state index is 11.0. The quantitative estimate of drug-likeness (QED) is 0.403. The lowest BCUT2D eigenvalue weighted by molar-refractivity contribution is 0.0801. The number of amides is 1. The largest absolute Gasteiger partial charge is 0.465 e. The van der Waals surface area contributed by atoms with E-state index in [1.165, 1.54) is 35.1 Å². The molecule has 3 atom stereocenters. The van der Waals surface area contributed by atoms with Crippen molar-refractivity contribution in [1.82, 2.24) is 5.32 Å². The first-order chi connectivity index (χ1) is 14.3. The molecule has 31 heavy (non-hydrogen) atoms. The summed E-state index contributed by atoms with van der Waals surface area (Å²) in [5.74, 6) is 1.42. The summed E-state index contributed by atoms with van der Waals surface area (Å²) in [6.45, 7) is 18.7. The van der Waals surface area contributed by atoms with E-state index in [9.17, 15) is 4.79 Å². The van der Waals surface area contributed by atoms with Crippen LogP contribution in [-0.2, 0) is 10.2 Å². The number of hydrogen-bond acceptors (Lipinski definition) is 3. The molecule has 176 valence electrons. The third-order valence-electron chi connectivity index (χ3n) is 7.20. The third-order valence-corrected chi connectivity index (χ3v) is 13.1. The molecule has 0 spiro atoms. The second kappa shape index (κ2) is 10.8. The van der Waals surface area contributed by atoms with E-state index in [2.05, 4.69) is 72.1 Å². The van der Waals surface area contributed by atoms with Gasteiger partial charge < -0.3 is 14.8 Å². The molecule has 0 aliphatic heterocycles. The molecule has 1 aromatic carbocycles. The lowest BCUT2D eigenvalue weighted by Crippen LogP contribution is -2.50. The molecule has 4 nitrogen and oxygen atoms in total. The summed E-state index contributed by atoms with van der Waals surface area (Å²) in [6, 6.07) is 4.57. The first-order valence-electron chi connectivity index (χ1n) is 11.6. The number of aryl methyl sites for hydroxylation is 3. The minimum Gasteiger partial charge on any atom is -0.465 e. The van der Waals surface area contributed by atoms with Gasteiger partial charge in [-0.1, -0.05) is 44.9 Å². The normalized spacial score (nSPS) is 22.4. The fraction of sp³-hybridized carbons (Fsp3) is 0.720. The summed E-state index contributed by atoms with van der Waals surface area (Å²) >= 11 is 2.05. The Hall–Kier alpha value is -0.983. The van der Waals surface area contributed by atoms with Crippen molar-refractivity contribution in [1.29, 1.82) is 0 Å². The zero-order chi connectivity index (χ0) is 23.4. The Bertz CT molecular complexity index is 737. The highest BCUT2D eigenvalue weighted by Crippen LogP contribution is 2.44. The minimum atomic E-state index is -1.92. The zero-order valence-corrected chi connectivity index (χ0v) is 22.6. The lowest BCUT2D eigenvalue weighted by Gasteiger charge is -2.46. The van der Waals surface area contributed by atoms with Crippen LogP contribution in [0.15, 0.2) is 12.1 Å². The van der Waals surface area contributed by atoms with Gasteiger partial charge >= 0.3 is 6.09 Å². The number of carbonyl (C=O) groups is 1. The fourth-order valence-corrected chi connectivity index (χ4v) is 7.51. The second-order valence-corrected chi connectivity index (χ2v) is 16.8. The van der Waals surface area contributed by atoms with Crippen molar-refractivity contribution in [3.8, 4) is 0 Å². The Morgan fingerprint density at radius 1 is 1.19 bits per heavy atom. The molecule has 0 heterocycles. The molecule has 1 aromatic rings. The van der Waals surface area contributed by atoms with Crippen LogP contribution in [0.3, 0.4) is 0 Å². The second-order valence-electron chi connectivity index (χ2n) is 10.8. The van der Waals surface area contributed by atoms with Gasteiger partial charge in [-0.2, -0.15) is 11.8 Å². The van der Waals surface area contributed by atoms with E-state index < -0.39 is 14.4 Å². The first-order valence-corrected chi connectivity index (χ1v) is 15.6. The first kappa shape index (κ1) is 26.3. The van der Waals surface area contributed by atoms with Crippen LogP contribution in [0.1, 0.15) is 68.7 Å². The zero-order valence-electron chi connectivity index (χ0n) is 20.8. The maximum Gasteiger partial charge on any atom is 0.404 e. The smallest absolute Gasteiger partial charge is 0.404 e. The predicted molar refractivity (Wildman–Crippen MR) is 136 cm³/mol. The summed E-state index contributed by atoms with van der Waals surface area (Å²) in [7, 11) is -1.92. The van der Waals surface area contributed by atoms with Crippen LogP contribution in [0.25, 0.3) is 0 Å². The molecule has 0 saturated heterocycles. The van der Waals surface area contributed by atoms with Crippen molar-refractivity contribution in [3.05, 3.63) is 34.4 Å². The predicted octanol–water partition coefficient (Wildman–Crippen LogP) is 7.06. The Kier molecular flexibility index (Phi) is 9.12. The van der Waals surface area contributed by atoms with E-state index in [4.69, 9.17) is 9.53 Å². The average molecular weight is 466 g/mol. The average Bonchev–Trinajstić information content (AvgIpc) is 2.61. The van der Waals surface area contributed by atoms with Crippen LogP contribution >= 0.6 is 11.8 Å². The molecule has 1 amide bonds. The summed E-state index contributed by atoms with van der Waals surface area (Å²) in [6.07, 6.45) is 3.61. The molecule has 0 radical (unpaired) electrons. The minimum absolute atomic E-state index is 0.160. The summed E-state index contributed by atoms with van der Waals surface area (Å²) < 4.78 is 7.04. The van der Waals surface area contributed by atoms with E-state index in [1.54, 1.807) is 0 Å². The van der Waals surface area contributed by atoms with Gasteiger partial charge in [-0.15, -0.1) is 0 Å². The summed E-state index contributed by atoms with van der Waals surface area (Å²) in [4.78, 5) is 11.0. The van der Waals surface area contributed by atoms with Crippen LogP contribution < -0.4 is 5.32 Å². The topological polar surface area (TPSA) is 58.6 Å². The van der Waals surface area contributed by atoms with Gasteiger partial charge in [-0.05, 0) is 80.8 Å². The Labute approximate surface area is 195 Å². The van der Waals surface area contributed by atoms with Gasteiger partial charge in [0.25, 0.3) is 0 Å². The highest BCUT2D eigenvalue weighted by atomic mass is 32.2. The van der Waals surface area contributed by atoms with Crippen LogP contribution in [0.5, 0.6) is 0 Å². The van der Waals surface area contributed by atoms with Crippen molar-refractivity contribution < 1.29 is 14.3 Å². The molecule has 0 bridgehead atoms. The van der Waals surface area contributed by atoms with Crippen molar-refractivity contribution in [3.63, 3.8) is 0 Å². The van der Waals surface area contributed by atoms with Gasteiger partial charge in [0.1, 0.15) is 0 Å². The van der Waals surface area contributed by atoms with E-state index >= 15 is 0 Å². The van der Waals surface area contributed by atoms with Gasteiger partial charge in [0, 0.05) is 17.5 Å². The fourth-order valence-electron chi connectivity index (χ4n) is 4.38. The molecule has 1 aliphatic carbocycles. The Morgan fingerprint density at radius 2 is 1.81 bits per heavy atom. The SMILES string of the molecule is Cc1cc(C)c(CS[C@@H]2CCC[C@H](CCNC(=O)O)[C@H]2O[Si](C)(C)C(C)(C)C)c(C)c1. The van der Waals surface area contributed by atoms with Gasteiger partial charge in [-0.25, -0.2) is 4.79 Å². The molecule has 0 unspecified atom stereocenters. The molecule has 1 saturated carbocycles. The van der Waals surface area contributed by atoms with Crippen LogP contribution in [-0.4, -0.2) is 37.4 Å². The van der Waals surface area contributed by atoms with Crippen molar-refractivity contribution >= 4 is 26.2 Å². The van der Waals surface area contributed by atoms with E-state index in [0.29, 0.717) is 17.7 Å². The van der Waals surface area contributed by atoms with Crippen molar-refractivity contribution in [2.24, 2.45) is 5.92 Å². The van der Waals surface area contributed by atoms with Crippen molar-refractivity contribution in [2.75, 3.05) is 6.54 Å². The van der Waals surface area contributed by atoms with E-state index in [0.717, 1.165) is 18.6 Å². The highest BCUT2D eigenvalue weighted by molar-refractivity contribution is 7.99. The summed E-state index contributed by atoms with van der Waals surface area (Å²) in [5.41, 5.74) is 5.54. The molecular weight excluding hydrogens is 422 g/mol. The number of nitrogens with one attached hydrogen (secondary N) is 1. The Morgan fingerprint density at radius 3 is 2.35 bits per heavy atom. The lowest BCUT2D eigenvalue weighted by atomic mass is 9.84. The van der Waals surface area contributed by atoms with E-state index in [-0.39, 0.29) is 11.1 Å². The van der Waals surface area contributed by atoms with Gasteiger partial charge in [0.05, 0.1) is 6.10 Å². The monoisotopic (exact) mass is 465 g/mol. The van der Waals surface area contributed by atoms with Gasteiger partial charge in [0.2, 0.25) is 0 Å². The number of thioether (sulfide) groups is 1. The number of benzene rings is 1. The standard InChI is InChI=1S/C25H43NO3SSi/c1-17-14-18(2)21(19(3)15-17)16-30-22-11-9-10-20(12-13-26-24(27)28)23(22)29-31(7,8)25(4,5)6/h14-15,20,22-23,26H,9-13,16H2,1-8H3,(H,27,28)/t20-,22-,23-/m1/s1.